The van der Waals surface area contributed by atoms with Crippen molar-refractivity contribution in [2.75, 3.05) is 11.9 Å². The van der Waals surface area contributed by atoms with Gasteiger partial charge in [0.15, 0.2) is 0 Å². The van der Waals surface area contributed by atoms with Crippen LogP contribution < -0.4 is 5.32 Å². The van der Waals surface area contributed by atoms with Crippen LogP contribution in [0.25, 0.3) is 0 Å². The van der Waals surface area contributed by atoms with Crippen molar-refractivity contribution in [3.8, 4) is 0 Å². The van der Waals surface area contributed by atoms with Gasteiger partial charge in [0, 0.05) is 12.6 Å². The van der Waals surface area contributed by atoms with Crippen LogP contribution in [0.15, 0.2) is 6.07 Å². The van der Waals surface area contributed by atoms with Gasteiger partial charge in [-0.3, -0.25) is 0 Å². The molecule has 78 valence electrons. The molecule has 1 aromatic heterocycles. The molecule has 0 aliphatic rings. The molecule has 0 radical (unpaired) electrons. The normalized spacial score (nSPS) is 12.6. The van der Waals surface area contributed by atoms with E-state index >= 15 is 0 Å². The maximum Gasteiger partial charge on any atom is 0.134 e. The van der Waals surface area contributed by atoms with Gasteiger partial charge in [-0.15, -0.1) is 0 Å². The number of halogens is 1. The summed E-state index contributed by atoms with van der Waals surface area (Å²) in [6, 6.07) is 1.75. The average molecular weight is 214 g/mol. The Labute approximate surface area is 89.9 Å². The molecule has 14 heavy (non-hydrogen) atoms. The molecule has 1 unspecified atom stereocenters. The van der Waals surface area contributed by atoms with Gasteiger partial charge in [-0.05, 0) is 12.8 Å². The minimum Gasteiger partial charge on any atom is -0.370 e. The Kier molecular flexibility index (Phi) is 4.14. The molecule has 1 atom stereocenters. The molecule has 0 aliphatic heterocycles. The van der Waals surface area contributed by atoms with E-state index in [4.69, 9.17) is 11.6 Å². The first-order chi connectivity index (χ1) is 6.61. The fourth-order valence-corrected chi connectivity index (χ4v) is 1.27. The second-order valence-corrected chi connectivity index (χ2v) is 3.90. The number of rotatable bonds is 4. The van der Waals surface area contributed by atoms with Crippen LogP contribution in [0, 0.1) is 12.8 Å². The number of hydrogen-bond donors (Lipinski definition) is 1. The van der Waals surface area contributed by atoms with Crippen molar-refractivity contribution in [2.45, 2.75) is 27.2 Å². The lowest BCUT2D eigenvalue weighted by atomic mass is 10.1. The molecule has 0 amide bonds. The van der Waals surface area contributed by atoms with Gasteiger partial charge < -0.3 is 5.32 Å². The topological polar surface area (TPSA) is 37.8 Å². The first-order valence-electron chi connectivity index (χ1n) is 4.87. The first kappa shape index (κ1) is 11.2. The van der Waals surface area contributed by atoms with Crippen molar-refractivity contribution in [1.29, 1.82) is 0 Å². The quantitative estimate of drug-likeness (QED) is 0.782. The predicted molar refractivity (Wildman–Crippen MR) is 59.7 cm³/mol. The summed E-state index contributed by atoms with van der Waals surface area (Å²) in [6.45, 7) is 7.12. The second-order valence-electron chi connectivity index (χ2n) is 3.52. The van der Waals surface area contributed by atoms with Crippen molar-refractivity contribution in [3.63, 3.8) is 0 Å². The van der Waals surface area contributed by atoms with Crippen molar-refractivity contribution in [2.24, 2.45) is 5.92 Å². The van der Waals surface area contributed by atoms with Gasteiger partial charge in [-0.2, -0.15) is 0 Å². The third-order valence-corrected chi connectivity index (χ3v) is 2.33. The van der Waals surface area contributed by atoms with Gasteiger partial charge >= 0.3 is 0 Å². The number of aryl methyl sites for hydroxylation is 1. The molecule has 0 spiro atoms. The molecule has 4 heteroatoms. The summed E-state index contributed by atoms with van der Waals surface area (Å²) in [5.74, 6) is 2.15. The van der Waals surface area contributed by atoms with Crippen LogP contribution in [0.1, 0.15) is 26.1 Å². The van der Waals surface area contributed by atoms with E-state index in [9.17, 15) is 0 Å². The van der Waals surface area contributed by atoms with Crippen LogP contribution in [-0.2, 0) is 0 Å². The van der Waals surface area contributed by atoms with Crippen molar-refractivity contribution in [3.05, 3.63) is 17.0 Å². The molecular weight excluding hydrogens is 198 g/mol. The Morgan fingerprint density at radius 3 is 2.79 bits per heavy atom. The number of aromatic nitrogens is 2. The van der Waals surface area contributed by atoms with Gasteiger partial charge in [-0.1, -0.05) is 31.9 Å². The van der Waals surface area contributed by atoms with Crippen LogP contribution in [0.5, 0.6) is 0 Å². The zero-order valence-corrected chi connectivity index (χ0v) is 9.60. The van der Waals surface area contributed by atoms with E-state index in [1.807, 2.05) is 6.92 Å². The highest BCUT2D eigenvalue weighted by atomic mass is 35.5. The summed E-state index contributed by atoms with van der Waals surface area (Å²) < 4.78 is 0. The molecule has 1 heterocycles. The van der Waals surface area contributed by atoms with E-state index in [0.717, 1.165) is 18.8 Å². The van der Waals surface area contributed by atoms with Gasteiger partial charge in [0.25, 0.3) is 0 Å². The standard InChI is InChI=1S/C10H16ClN3/c1-4-7(2)6-12-10-5-9(11)13-8(3)14-10/h5,7H,4,6H2,1-3H3,(H,12,13,14). The van der Waals surface area contributed by atoms with E-state index in [-0.39, 0.29) is 0 Å². The van der Waals surface area contributed by atoms with Gasteiger partial charge in [0.05, 0.1) is 0 Å². The van der Waals surface area contributed by atoms with Gasteiger partial charge in [-0.25, -0.2) is 9.97 Å². The highest BCUT2D eigenvalue weighted by Crippen LogP contribution is 2.12. The Bertz CT molecular complexity index is 281. The summed E-state index contributed by atoms with van der Waals surface area (Å²) in [7, 11) is 0. The zero-order chi connectivity index (χ0) is 10.6. The molecule has 0 fully saturated rings. The Morgan fingerprint density at radius 2 is 2.21 bits per heavy atom. The monoisotopic (exact) mass is 213 g/mol. The summed E-state index contributed by atoms with van der Waals surface area (Å²) in [4.78, 5) is 8.23. The van der Waals surface area contributed by atoms with E-state index in [1.165, 1.54) is 0 Å². The molecule has 1 rings (SSSR count). The molecule has 0 saturated heterocycles. The van der Waals surface area contributed by atoms with E-state index < -0.39 is 0 Å². The molecule has 0 bridgehead atoms. The lowest BCUT2D eigenvalue weighted by Gasteiger charge is -2.10. The average Bonchev–Trinajstić information content (AvgIpc) is 2.12. The first-order valence-corrected chi connectivity index (χ1v) is 5.24. The molecule has 1 N–H and O–H groups in total. The van der Waals surface area contributed by atoms with Crippen LogP contribution in [0.3, 0.4) is 0 Å². The number of nitrogens with one attached hydrogen (secondary N) is 1. The van der Waals surface area contributed by atoms with E-state index in [1.54, 1.807) is 6.07 Å². The smallest absolute Gasteiger partial charge is 0.134 e. The maximum absolute atomic E-state index is 5.81. The molecule has 0 aromatic carbocycles. The van der Waals surface area contributed by atoms with Crippen molar-refractivity contribution >= 4 is 17.4 Å². The fourth-order valence-electron chi connectivity index (χ4n) is 1.04. The van der Waals surface area contributed by atoms with Gasteiger partial charge in [0.2, 0.25) is 0 Å². The number of hydrogen-bond acceptors (Lipinski definition) is 3. The Balaban J connectivity index is 2.58. The van der Waals surface area contributed by atoms with Crippen molar-refractivity contribution < 1.29 is 0 Å². The van der Waals surface area contributed by atoms with Gasteiger partial charge in [0.1, 0.15) is 16.8 Å². The summed E-state index contributed by atoms with van der Waals surface area (Å²) >= 11 is 5.81. The highest BCUT2D eigenvalue weighted by Gasteiger charge is 2.01. The largest absolute Gasteiger partial charge is 0.370 e. The summed E-state index contributed by atoms with van der Waals surface area (Å²) in [5, 5.41) is 3.73. The number of anilines is 1. The molecule has 0 aliphatic carbocycles. The third-order valence-electron chi connectivity index (χ3n) is 2.14. The minimum atomic E-state index is 0.490. The molecule has 0 saturated carbocycles. The fraction of sp³-hybridized carbons (Fsp3) is 0.600. The van der Waals surface area contributed by atoms with E-state index in [0.29, 0.717) is 16.9 Å². The van der Waals surface area contributed by atoms with E-state index in [2.05, 4.69) is 29.1 Å². The summed E-state index contributed by atoms with van der Waals surface area (Å²) in [6.07, 6.45) is 1.16. The minimum absolute atomic E-state index is 0.490. The Hall–Kier alpha value is -0.830. The maximum atomic E-state index is 5.81. The summed E-state index contributed by atoms with van der Waals surface area (Å²) in [5.41, 5.74) is 0. The van der Waals surface area contributed by atoms with Crippen LogP contribution >= 0.6 is 11.6 Å². The van der Waals surface area contributed by atoms with Crippen LogP contribution in [-0.4, -0.2) is 16.5 Å². The lowest BCUT2D eigenvalue weighted by Crippen LogP contribution is -2.11. The van der Waals surface area contributed by atoms with Crippen LogP contribution in [0.4, 0.5) is 5.82 Å². The molecular formula is C10H16ClN3. The Morgan fingerprint density at radius 1 is 1.50 bits per heavy atom. The zero-order valence-electron chi connectivity index (χ0n) is 8.84. The van der Waals surface area contributed by atoms with Crippen LogP contribution in [0.2, 0.25) is 5.15 Å². The third kappa shape index (κ3) is 3.50. The van der Waals surface area contributed by atoms with Crippen molar-refractivity contribution in [1.82, 2.24) is 9.97 Å². The predicted octanol–water partition coefficient (Wildman–Crippen LogP) is 2.90. The highest BCUT2D eigenvalue weighted by molar-refractivity contribution is 6.29. The molecule has 1 aromatic rings. The SMILES string of the molecule is CCC(C)CNc1cc(Cl)nc(C)n1. The molecule has 3 nitrogen and oxygen atoms in total. The number of nitrogens with zero attached hydrogens (tertiary/aromatic N) is 2. The lowest BCUT2D eigenvalue weighted by molar-refractivity contribution is 0.592. The second kappa shape index (κ2) is 5.15.